The van der Waals surface area contributed by atoms with Crippen LogP contribution in [0.4, 0.5) is 11.4 Å². The Hall–Kier alpha value is -3.64. The zero-order valence-electron chi connectivity index (χ0n) is 16.3. The van der Waals surface area contributed by atoms with Gasteiger partial charge in [0.05, 0.1) is 25.0 Å². The van der Waals surface area contributed by atoms with Crippen molar-refractivity contribution in [3.8, 4) is 5.75 Å². The minimum Gasteiger partial charge on any atom is -0.497 e. The number of rotatable bonds is 7. The van der Waals surface area contributed by atoms with Gasteiger partial charge >= 0.3 is 0 Å². The summed E-state index contributed by atoms with van der Waals surface area (Å²) < 4.78 is 10.3. The van der Waals surface area contributed by atoms with Crippen molar-refractivity contribution < 1.29 is 19.1 Å². The maximum Gasteiger partial charge on any atom is 0.257 e. The van der Waals surface area contributed by atoms with Crippen molar-refractivity contribution in [3.05, 3.63) is 89.5 Å². The lowest BCUT2D eigenvalue weighted by molar-refractivity contribution is 0.102. The van der Waals surface area contributed by atoms with Crippen LogP contribution in [0.2, 0.25) is 0 Å². The fraction of sp³-hybridized carbons (Fsp3) is 0.130. The van der Waals surface area contributed by atoms with Crippen LogP contribution in [0.15, 0.2) is 72.8 Å². The Balaban J connectivity index is 1.75. The highest BCUT2D eigenvalue weighted by atomic mass is 16.5. The van der Waals surface area contributed by atoms with Crippen molar-refractivity contribution in [2.24, 2.45) is 0 Å². The van der Waals surface area contributed by atoms with E-state index in [4.69, 9.17) is 9.47 Å². The van der Waals surface area contributed by atoms with E-state index >= 15 is 0 Å². The molecule has 29 heavy (non-hydrogen) atoms. The molecule has 0 spiro atoms. The predicted octanol–water partition coefficient (Wildman–Crippen LogP) is 4.35. The molecule has 148 valence electrons. The maximum atomic E-state index is 12.8. The quantitative estimate of drug-likeness (QED) is 0.629. The van der Waals surface area contributed by atoms with Crippen LogP contribution in [-0.2, 0) is 11.3 Å². The lowest BCUT2D eigenvalue weighted by Gasteiger charge is -2.12. The average molecular weight is 390 g/mol. The molecule has 0 aliphatic carbocycles. The normalized spacial score (nSPS) is 10.3. The van der Waals surface area contributed by atoms with Crippen molar-refractivity contribution in [1.82, 2.24) is 0 Å². The van der Waals surface area contributed by atoms with Crippen molar-refractivity contribution in [1.29, 1.82) is 0 Å². The second kappa shape index (κ2) is 9.52. The van der Waals surface area contributed by atoms with E-state index in [0.717, 1.165) is 5.56 Å². The third-order valence-electron chi connectivity index (χ3n) is 4.27. The number of methoxy groups -OCH3 is 2. The SMILES string of the molecule is COCc1ccc(C(=O)Nc2ccccc2C(=O)Nc2cccc(OC)c2)cc1. The Morgan fingerprint density at radius 1 is 0.828 bits per heavy atom. The van der Waals surface area contributed by atoms with Gasteiger partial charge < -0.3 is 20.1 Å². The number of carbonyl (C=O) groups excluding carboxylic acids is 2. The van der Waals surface area contributed by atoms with Crippen molar-refractivity contribution in [2.75, 3.05) is 24.9 Å². The molecule has 0 aromatic heterocycles. The Morgan fingerprint density at radius 3 is 2.31 bits per heavy atom. The van der Waals surface area contributed by atoms with Gasteiger partial charge in [0.25, 0.3) is 11.8 Å². The van der Waals surface area contributed by atoms with Crippen LogP contribution in [0, 0.1) is 0 Å². The van der Waals surface area contributed by atoms with E-state index in [9.17, 15) is 9.59 Å². The fourth-order valence-corrected chi connectivity index (χ4v) is 2.80. The van der Waals surface area contributed by atoms with Crippen LogP contribution >= 0.6 is 0 Å². The number of para-hydroxylation sites is 1. The molecule has 0 bridgehead atoms. The molecule has 0 heterocycles. The van der Waals surface area contributed by atoms with Crippen LogP contribution < -0.4 is 15.4 Å². The van der Waals surface area contributed by atoms with Gasteiger partial charge in [-0.15, -0.1) is 0 Å². The van der Waals surface area contributed by atoms with Crippen LogP contribution in [0.1, 0.15) is 26.3 Å². The first-order chi connectivity index (χ1) is 14.1. The second-order valence-electron chi connectivity index (χ2n) is 6.32. The third kappa shape index (κ3) is 5.21. The number of benzene rings is 3. The third-order valence-corrected chi connectivity index (χ3v) is 4.27. The van der Waals surface area contributed by atoms with Gasteiger partial charge in [-0.05, 0) is 42.0 Å². The summed E-state index contributed by atoms with van der Waals surface area (Å²) in [4.78, 5) is 25.4. The molecule has 6 heteroatoms. The number of carbonyl (C=O) groups is 2. The zero-order valence-corrected chi connectivity index (χ0v) is 16.3. The largest absolute Gasteiger partial charge is 0.497 e. The predicted molar refractivity (Wildman–Crippen MR) is 112 cm³/mol. The lowest BCUT2D eigenvalue weighted by atomic mass is 10.1. The summed E-state index contributed by atoms with van der Waals surface area (Å²) >= 11 is 0. The molecule has 3 rings (SSSR count). The summed E-state index contributed by atoms with van der Waals surface area (Å²) in [5.74, 6) is 0.0153. The van der Waals surface area contributed by atoms with E-state index in [0.29, 0.717) is 34.9 Å². The molecule has 0 aliphatic rings. The number of anilines is 2. The van der Waals surface area contributed by atoms with Crippen molar-refractivity contribution in [2.45, 2.75) is 6.61 Å². The highest BCUT2D eigenvalue weighted by Crippen LogP contribution is 2.21. The molecule has 2 amide bonds. The molecule has 3 aromatic rings. The maximum absolute atomic E-state index is 12.8. The minimum atomic E-state index is -0.329. The van der Waals surface area contributed by atoms with Crippen LogP contribution in [0.25, 0.3) is 0 Å². The van der Waals surface area contributed by atoms with E-state index in [1.807, 2.05) is 12.1 Å². The summed E-state index contributed by atoms with van der Waals surface area (Å²) in [6.45, 7) is 0.481. The summed E-state index contributed by atoms with van der Waals surface area (Å²) in [6.07, 6.45) is 0. The Morgan fingerprint density at radius 2 is 1.59 bits per heavy atom. The monoisotopic (exact) mass is 390 g/mol. The number of ether oxygens (including phenoxy) is 2. The van der Waals surface area contributed by atoms with Gasteiger partial charge in [0.1, 0.15) is 5.75 Å². The van der Waals surface area contributed by atoms with E-state index in [2.05, 4.69) is 10.6 Å². The van der Waals surface area contributed by atoms with Crippen LogP contribution in [0.3, 0.4) is 0 Å². The van der Waals surface area contributed by atoms with Gasteiger partial charge in [-0.2, -0.15) is 0 Å². The van der Waals surface area contributed by atoms with Crippen LogP contribution in [-0.4, -0.2) is 26.0 Å². The smallest absolute Gasteiger partial charge is 0.257 e. The summed E-state index contributed by atoms with van der Waals surface area (Å²) in [7, 11) is 3.18. The van der Waals surface area contributed by atoms with E-state index in [1.165, 1.54) is 0 Å². The Bertz CT molecular complexity index is 1000. The van der Waals surface area contributed by atoms with E-state index < -0.39 is 0 Å². The van der Waals surface area contributed by atoms with Gasteiger partial charge in [0.2, 0.25) is 0 Å². The van der Waals surface area contributed by atoms with Crippen LogP contribution in [0.5, 0.6) is 5.75 Å². The topological polar surface area (TPSA) is 76.7 Å². The fourth-order valence-electron chi connectivity index (χ4n) is 2.80. The van der Waals surface area contributed by atoms with Crippen molar-refractivity contribution in [3.63, 3.8) is 0 Å². The Labute approximate surface area is 169 Å². The molecule has 0 fully saturated rings. The summed E-state index contributed by atoms with van der Waals surface area (Å²) in [6, 6.07) is 21.0. The van der Waals surface area contributed by atoms with Gasteiger partial charge in [0.15, 0.2) is 0 Å². The molecule has 0 unspecified atom stereocenters. The average Bonchev–Trinajstić information content (AvgIpc) is 2.75. The Kier molecular flexibility index (Phi) is 6.60. The van der Waals surface area contributed by atoms with E-state index in [1.54, 1.807) is 74.9 Å². The summed E-state index contributed by atoms with van der Waals surface area (Å²) in [5, 5.41) is 5.64. The number of hydrogen-bond acceptors (Lipinski definition) is 4. The van der Waals surface area contributed by atoms with Gasteiger partial charge in [-0.25, -0.2) is 0 Å². The first kappa shape index (κ1) is 20.1. The molecule has 6 nitrogen and oxygen atoms in total. The zero-order chi connectivity index (χ0) is 20.6. The number of hydrogen-bond donors (Lipinski definition) is 2. The molecule has 0 radical (unpaired) electrons. The highest BCUT2D eigenvalue weighted by Gasteiger charge is 2.14. The molecule has 3 aromatic carbocycles. The lowest BCUT2D eigenvalue weighted by Crippen LogP contribution is -2.18. The van der Waals surface area contributed by atoms with E-state index in [-0.39, 0.29) is 11.8 Å². The van der Waals surface area contributed by atoms with Gasteiger partial charge in [-0.3, -0.25) is 9.59 Å². The molecular weight excluding hydrogens is 368 g/mol. The van der Waals surface area contributed by atoms with Crippen molar-refractivity contribution >= 4 is 23.2 Å². The molecule has 0 aliphatic heterocycles. The standard InChI is InChI=1S/C23H22N2O4/c1-28-15-16-10-12-17(13-11-16)22(26)25-21-9-4-3-8-20(21)23(27)24-18-6-5-7-19(14-18)29-2/h3-14H,15H2,1-2H3,(H,24,27)(H,25,26). The molecule has 2 N–H and O–H groups in total. The number of nitrogens with one attached hydrogen (secondary N) is 2. The highest BCUT2D eigenvalue weighted by molar-refractivity contribution is 6.12. The summed E-state index contributed by atoms with van der Waals surface area (Å²) in [5.41, 5.74) is 2.86. The van der Waals surface area contributed by atoms with Gasteiger partial charge in [-0.1, -0.05) is 30.3 Å². The molecular formula is C23H22N2O4. The van der Waals surface area contributed by atoms with Gasteiger partial charge in [0, 0.05) is 24.4 Å². The number of amides is 2. The minimum absolute atomic E-state index is 0.296. The first-order valence-electron chi connectivity index (χ1n) is 9.04. The molecule has 0 saturated carbocycles. The second-order valence-corrected chi connectivity index (χ2v) is 6.32. The molecule has 0 saturated heterocycles. The first-order valence-corrected chi connectivity index (χ1v) is 9.04. The molecule has 0 atom stereocenters.